The van der Waals surface area contributed by atoms with Crippen molar-refractivity contribution in [2.45, 2.75) is 12.5 Å². The molecule has 1 atom stereocenters. The van der Waals surface area contributed by atoms with E-state index in [0.717, 1.165) is 32.0 Å². The number of nitrogens with two attached hydrogens (primary N) is 1. The Balaban J connectivity index is 0.000000267. The molecule has 1 aromatic rings. The molecule has 1 aromatic carbocycles. The van der Waals surface area contributed by atoms with E-state index in [2.05, 4.69) is 15.9 Å². The Kier molecular flexibility index (Phi) is 7.94. The lowest BCUT2D eigenvalue weighted by atomic mass is 10.0. The first-order valence-corrected chi connectivity index (χ1v) is 7.35. The van der Waals surface area contributed by atoms with Gasteiger partial charge in [0.25, 0.3) is 0 Å². The Bertz CT molecular complexity index is 486. The van der Waals surface area contributed by atoms with E-state index in [9.17, 15) is 4.79 Å². The lowest BCUT2D eigenvalue weighted by Gasteiger charge is -2.22. The van der Waals surface area contributed by atoms with Gasteiger partial charge in [-0.3, -0.25) is 4.79 Å². The maximum atomic E-state index is 11.1. The van der Waals surface area contributed by atoms with Crippen LogP contribution in [-0.4, -0.2) is 32.4 Å². The SMILES string of the molecule is C1COCCO1.Cl.NC1CC(=O)Oc2c(Br)cc(Cl)cc21. The molecule has 21 heavy (non-hydrogen) atoms. The van der Waals surface area contributed by atoms with Gasteiger partial charge >= 0.3 is 5.97 Å². The summed E-state index contributed by atoms with van der Waals surface area (Å²) in [5.41, 5.74) is 6.56. The summed E-state index contributed by atoms with van der Waals surface area (Å²) >= 11 is 9.13. The third-order valence-corrected chi connectivity index (χ3v) is 3.59. The maximum absolute atomic E-state index is 11.1. The fourth-order valence-electron chi connectivity index (χ4n) is 1.85. The summed E-state index contributed by atoms with van der Waals surface area (Å²) in [7, 11) is 0. The minimum absolute atomic E-state index is 0. The van der Waals surface area contributed by atoms with Gasteiger partial charge in [0.2, 0.25) is 0 Å². The van der Waals surface area contributed by atoms with Gasteiger partial charge in [-0.2, -0.15) is 0 Å². The van der Waals surface area contributed by atoms with Crippen molar-refractivity contribution in [2.24, 2.45) is 5.73 Å². The number of carbonyl (C=O) groups is 1. The van der Waals surface area contributed by atoms with Crippen molar-refractivity contribution in [3.05, 3.63) is 27.2 Å². The zero-order valence-electron chi connectivity index (χ0n) is 11.1. The fourth-order valence-corrected chi connectivity index (χ4v) is 2.76. The van der Waals surface area contributed by atoms with Crippen LogP contribution in [0.1, 0.15) is 18.0 Å². The molecule has 0 radical (unpaired) electrons. The van der Waals surface area contributed by atoms with Crippen molar-refractivity contribution in [3.63, 3.8) is 0 Å². The zero-order valence-corrected chi connectivity index (χ0v) is 14.3. The van der Waals surface area contributed by atoms with E-state index in [1.54, 1.807) is 12.1 Å². The van der Waals surface area contributed by atoms with Crippen LogP contribution in [0.4, 0.5) is 0 Å². The normalized spacial score (nSPS) is 20.3. The van der Waals surface area contributed by atoms with E-state index in [0.29, 0.717) is 15.2 Å². The van der Waals surface area contributed by atoms with Gasteiger partial charge in [0.1, 0.15) is 5.75 Å². The van der Waals surface area contributed by atoms with Crippen molar-refractivity contribution in [2.75, 3.05) is 26.4 Å². The van der Waals surface area contributed by atoms with Crippen LogP contribution in [0.15, 0.2) is 16.6 Å². The van der Waals surface area contributed by atoms with Crippen LogP contribution in [0.5, 0.6) is 5.75 Å². The zero-order chi connectivity index (χ0) is 14.5. The number of halogens is 3. The van der Waals surface area contributed by atoms with Crippen LogP contribution >= 0.6 is 39.9 Å². The molecule has 0 spiro atoms. The largest absolute Gasteiger partial charge is 0.425 e. The van der Waals surface area contributed by atoms with E-state index < -0.39 is 0 Å². The van der Waals surface area contributed by atoms with Crippen LogP contribution in [0.25, 0.3) is 0 Å². The van der Waals surface area contributed by atoms with Gasteiger partial charge in [-0.05, 0) is 28.1 Å². The fraction of sp³-hybridized carbons (Fsp3) is 0.462. The Morgan fingerprint density at radius 3 is 2.29 bits per heavy atom. The van der Waals surface area contributed by atoms with E-state index in [1.165, 1.54) is 0 Å². The van der Waals surface area contributed by atoms with Crippen LogP contribution in [0, 0.1) is 0 Å². The van der Waals surface area contributed by atoms with Gasteiger partial charge in [0, 0.05) is 16.6 Å². The second-order valence-corrected chi connectivity index (χ2v) is 5.61. The van der Waals surface area contributed by atoms with Crippen LogP contribution in [0.3, 0.4) is 0 Å². The van der Waals surface area contributed by atoms with Gasteiger partial charge in [0.15, 0.2) is 0 Å². The predicted octanol–water partition coefficient (Wildman–Crippen LogP) is 2.87. The van der Waals surface area contributed by atoms with Crippen molar-refractivity contribution >= 4 is 45.9 Å². The van der Waals surface area contributed by atoms with Crippen LogP contribution < -0.4 is 10.5 Å². The summed E-state index contributed by atoms with van der Waals surface area (Å²) in [4.78, 5) is 11.1. The molecule has 0 amide bonds. The van der Waals surface area contributed by atoms with Crippen LogP contribution in [0.2, 0.25) is 5.02 Å². The van der Waals surface area contributed by atoms with E-state index >= 15 is 0 Å². The summed E-state index contributed by atoms with van der Waals surface area (Å²) in [5.74, 6) is 0.172. The molecule has 118 valence electrons. The lowest BCUT2D eigenvalue weighted by molar-refractivity contribution is -0.135. The van der Waals surface area contributed by atoms with E-state index in [-0.39, 0.29) is 30.8 Å². The highest BCUT2D eigenvalue weighted by atomic mass is 79.9. The minimum atomic E-state index is -0.332. The summed E-state index contributed by atoms with van der Waals surface area (Å²) in [6.07, 6.45) is 0.194. The third-order valence-electron chi connectivity index (χ3n) is 2.78. The highest BCUT2D eigenvalue weighted by Crippen LogP contribution is 2.39. The second-order valence-electron chi connectivity index (χ2n) is 4.32. The molecule has 2 heterocycles. The smallest absolute Gasteiger partial charge is 0.313 e. The Labute approximate surface area is 142 Å². The molecule has 8 heteroatoms. The van der Waals surface area contributed by atoms with Gasteiger partial charge < -0.3 is 19.9 Å². The van der Waals surface area contributed by atoms with Gasteiger partial charge in [-0.1, -0.05) is 11.6 Å². The molecule has 2 aliphatic rings. The molecule has 1 fully saturated rings. The average Bonchev–Trinajstić information content (AvgIpc) is 2.43. The molecule has 2 N–H and O–H groups in total. The van der Waals surface area contributed by atoms with Crippen molar-refractivity contribution in [1.82, 2.24) is 0 Å². The molecule has 1 saturated heterocycles. The van der Waals surface area contributed by atoms with Gasteiger partial charge in [-0.15, -0.1) is 12.4 Å². The number of benzene rings is 1. The first-order valence-electron chi connectivity index (χ1n) is 6.18. The molecule has 1 unspecified atom stereocenters. The highest BCUT2D eigenvalue weighted by Gasteiger charge is 2.26. The van der Waals surface area contributed by atoms with Crippen molar-refractivity contribution in [3.8, 4) is 5.75 Å². The molecule has 0 bridgehead atoms. The third kappa shape index (κ3) is 5.39. The second kappa shape index (κ2) is 8.92. The first-order chi connectivity index (χ1) is 9.58. The molecule has 5 nitrogen and oxygen atoms in total. The van der Waals surface area contributed by atoms with E-state index in [1.807, 2.05) is 0 Å². The highest BCUT2D eigenvalue weighted by molar-refractivity contribution is 9.10. The number of ether oxygens (including phenoxy) is 3. The number of hydrogen-bond acceptors (Lipinski definition) is 5. The molecule has 0 aliphatic carbocycles. The number of fused-ring (bicyclic) bond motifs is 1. The summed E-state index contributed by atoms with van der Waals surface area (Å²) in [6, 6.07) is 3.06. The Morgan fingerprint density at radius 1 is 1.19 bits per heavy atom. The van der Waals surface area contributed by atoms with Crippen molar-refractivity contribution in [1.29, 1.82) is 0 Å². The van der Waals surface area contributed by atoms with Gasteiger partial charge in [0.05, 0.1) is 37.3 Å². The molecule has 3 rings (SSSR count). The van der Waals surface area contributed by atoms with Crippen LogP contribution in [-0.2, 0) is 14.3 Å². The average molecular weight is 401 g/mol. The number of carbonyl (C=O) groups excluding carboxylic acids is 1. The molecule has 0 aromatic heterocycles. The molecular formula is C13H16BrCl2NO4. The van der Waals surface area contributed by atoms with E-state index in [4.69, 9.17) is 31.5 Å². The summed E-state index contributed by atoms with van der Waals surface area (Å²) in [5, 5.41) is 0.573. The standard InChI is InChI=1S/C9H7BrClNO2.C4H8O2.ClH/c10-6-2-4(11)1-5-7(12)3-8(13)14-9(5)6;1-2-6-4-3-5-1;/h1-2,7H,3,12H2;1-4H2;1H. The predicted molar refractivity (Wildman–Crippen MR) is 85.2 cm³/mol. The number of rotatable bonds is 0. The maximum Gasteiger partial charge on any atom is 0.313 e. The van der Waals surface area contributed by atoms with Gasteiger partial charge in [-0.25, -0.2) is 0 Å². The number of hydrogen-bond donors (Lipinski definition) is 1. The molecule has 0 saturated carbocycles. The first kappa shape index (κ1) is 18.7. The topological polar surface area (TPSA) is 70.8 Å². The summed E-state index contributed by atoms with van der Waals surface area (Å²) < 4.78 is 15.6. The molecular weight excluding hydrogens is 385 g/mol. The quantitative estimate of drug-likeness (QED) is 0.535. The molecule has 2 aliphatic heterocycles. The van der Waals surface area contributed by atoms with Crippen molar-refractivity contribution < 1.29 is 19.0 Å². The Morgan fingerprint density at radius 2 is 1.76 bits per heavy atom. The monoisotopic (exact) mass is 399 g/mol. The summed E-state index contributed by atoms with van der Waals surface area (Å²) in [6.45, 7) is 3.11. The Hall–Kier alpha value is -0.370. The minimum Gasteiger partial charge on any atom is -0.425 e. The number of esters is 1. The lowest BCUT2D eigenvalue weighted by Crippen LogP contribution is -2.25.